The summed E-state index contributed by atoms with van der Waals surface area (Å²) in [5.74, 6) is -0.487. The van der Waals surface area contributed by atoms with Gasteiger partial charge in [-0.05, 0) is 30.7 Å². The van der Waals surface area contributed by atoms with Gasteiger partial charge >= 0.3 is 6.18 Å². The van der Waals surface area contributed by atoms with Crippen LogP contribution in [-0.4, -0.2) is 15.6 Å². The highest BCUT2D eigenvalue weighted by molar-refractivity contribution is 9.10. The monoisotopic (exact) mass is 360 g/mol. The molecule has 0 fully saturated rings. The molecule has 0 saturated carbocycles. The lowest BCUT2D eigenvalue weighted by atomic mass is 10.0. The molecule has 0 unspecified atom stereocenters. The van der Waals surface area contributed by atoms with E-state index in [1.165, 1.54) is 23.0 Å². The number of alkyl halides is 3. The van der Waals surface area contributed by atoms with Crippen molar-refractivity contribution in [3.63, 3.8) is 0 Å². The lowest BCUT2D eigenvalue weighted by Crippen LogP contribution is -2.13. The van der Waals surface area contributed by atoms with E-state index in [4.69, 9.17) is 0 Å². The van der Waals surface area contributed by atoms with Gasteiger partial charge in [-0.25, -0.2) is 0 Å². The molecular weight excluding hydrogens is 349 g/mol. The Morgan fingerprint density at radius 1 is 1.33 bits per heavy atom. The fourth-order valence-corrected chi connectivity index (χ4v) is 2.36. The third-order valence-electron chi connectivity index (χ3n) is 2.92. The number of rotatable bonds is 4. The van der Waals surface area contributed by atoms with Crippen LogP contribution in [0, 0.1) is 0 Å². The van der Waals surface area contributed by atoms with Crippen LogP contribution < -0.4 is 0 Å². The Morgan fingerprint density at radius 2 is 2.05 bits per heavy atom. The second-order valence-corrected chi connectivity index (χ2v) is 5.32. The van der Waals surface area contributed by atoms with Crippen LogP contribution in [0.1, 0.15) is 35.0 Å². The summed E-state index contributed by atoms with van der Waals surface area (Å²) in [6.07, 6.45) is -2.25. The molecule has 21 heavy (non-hydrogen) atoms. The highest BCUT2D eigenvalue weighted by Crippen LogP contribution is 2.32. The minimum atomic E-state index is -4.49. The summed E-state index contributed by atoms with van der Waals surface area (Å²) in [7, 11) is 0. The van der Waals surface area contributed by atoms with E-state index in [0.717, 1.165) is 18.6 Å². The van der Waals surface area contributed by atoms with Crippen LogP contribution in [0.5, 0.6) is 0 Å². The summed E-state index contributed by atoms with van der Waals surface area (Å²) in [6, 6.07) is 4.53. The Morgan fingerprint density at radius 3 is 2.67 bits per heavy atom. The van der Waals surface area contributed by atoms with E-state index in [-0.39, 0.29) is 11.3 Å². The van der Waals surface area contributed by atoms with E-state index in [2.05, 4.69) is 21.0 Å². The van der Waals surface area contributed by atoms with Crippen LogP contribution in [0.15, 0.2) is 34.9 Å². The Balaban J connectivity index is 2.45. The lowest BCUT2D eigenvalue weighted by Gasteiger charge is -2.11. The van der Waals surface area contributed by atoms with E-state index in [0.29, 0.717) is 11.0 Å². The molecule has 0 aliphatic rings. The van der Waals surface area contributed by atoms with Crippen molar-refractivity contribution in [1.82, 2.24) is 9.78 Å². The maximum Gasteiger partial charge on any atom is 0.416 e. The molecule has 1 aromatic heterocycles. The zero-order valence-corrected chi connectivity index (χ0v) is 12.7. The average Bonchev–Trinajstić information content (AvgIpc) is 2.86. The number of hydrogen-bond donors (Lipinski definition) is 0. The van der Waals surface area contributed by atoms with Gasteiger partial charge in [0.05, 0.1) is 5.56 Å². The first kappa shape index (κ1) is 15.8. The number of aryl methyl sites for hydroxylation is 1. The van der Waals surface area contributed by atoms with Crippen molar-refractivity contribution in [1.29, 1.82) is 0 Å². The van der Waals surface area contributed by atoms with Gasteiger partial charge in [0.1, 0.15) is 5.69 Å². The Hall–Kier alpha value is -1.63. The number of nitrogens with zero attached hydrogens (tertiary/aromatic N) is 2. The molecule has 0 spiro atoms. The highest BCUT2D eigenvalue weighted by atomic mass is 79.9. The van der Waals surface area contributed by atoms with E-state index < -0.39 is 17.5 Å². The van der Waals surface area contributed by atoms with Crippen LogP contribution in [-0.2, 0) is 12.7 Å². The second kappa shape index (κ2) is 6.01. The van der Waals surface area contributed by atoms with Crippen LogP contribution >= 0.6 is 15.9 Å². The molecule has 0 radical (unpaired) electrons. The Kier molecular flexibility index (Phi) is 4.51. The molecule has 1 aromatic carbocycles. The third kappa shape index (κ3) is 3.34. The molecule has 0 N–H and O–H groups in total. The van der Waals surface area contributed by atoms with Crippen molar-refractivity contribution in [3.8, 4) is 0 Å². The predicted molar refractivity (Wildman–Crippen MR) is 75.1 cm³/mol. The lowest BCUT2D eigenvalue weighted by molar-refractivity contribution is -0.137. The fraction of sp³-hybridized carbons (Fsp3) is 0.286. The normalized spacial score (nSPS) is 11.7. The summed E-state index contributed by atoms with van der Waals surface area (Å²) in [6.45, 7) is 2.46. The van der Waals surface area contributed by atoms with Crippen LogP contribution in [0.2, 0.25) is 0 Å². The number of carbonyl (C=O) groups excluding carboxylic acids is 1. The molecule has 0 aliphatic heterocycles. The molecule has 112 valence electrons. The number of halogens is 4. The number of carbonyl (C=O) groups is 1. The predicted octanol–water partition coefficient (Wildman–Crippen LogP) is 4.31. The number of benzene rings is 1. The summed E-state index contributed by atoms with van der Waals surface area (Å²) >= 11 is 3.13. The van der Waals surface area contributed by atoms with Crippen molar-refractivity contribution in [2.45, 2.75) is 26.1 Å². The summed E-state index contributed by atoms with van der Waals surface area (Å²) in [5.41, 5.74) is -0.602. The molecule has 7 heteroatoms. The minimum absolute atomic E-state index is 0.0253. The van der Waals surface area contributed by atoms with Gasteiger partial charge in [0.15, 0.2) is 0 Å². The molecule has 2 rings (SSSR count). The van der Waals surface area contributed by atoms with Crippen LogP contribution in [0.25, 0.3) is 0 Å². The largest absolute Gasteiger partial charge is 0.416 e. The summed E-state index contributed by atoms with van der Waals surface area (Å²) < 4.78 is 40.1. The van der Waals surface area contributed by atoms with Gasteiger partial charge in [-0.2, -0.15) is 18.3 Å². The summed E-state index contributed by atoms with van der Waals surface area (Å²) in [5, 5.41) is 4.01. The molecule has 0 amide bonds. The fourth-order valence-electron chi connectivity index (χ4n) is 1.93. The van der Waals surface area contributed by atoms with Crippen molar-refractivity contribution in [3.05, 3.63) is 51.8 Å². The van der Waals surface area contributed by atoms with Gasteiger partial charge in [0.25, 0.3) is 0 Å². The molecule has 0 aliphatic carbocycles. The van der Waals surface area contributed by atoms with Crippen molar-refractivity contribution < 1.29 is 18.0 Å². The van der Waals surface area contributed by atoms with Crippen LogP contribution in [0.3, 0.4) is 0 Å². The first-order valence-electron chi connectivity index (χ1n) is 6.28. The maximum absolute atomic E-state index is 12.8. The van der Waals surface area contributed by atoms with Gasteiger partial charge in [-0.15, -0.1) is 0 Å². The van der Waals surface area contributed by atoms with Crippen molar-refractivity contribution in [2.75, 3.05) is 0 Å². The molecular formula is C14H12BrF3N2O. The molecule has 0 atom stereocenters. The zero-order valence-electron chi connectivity index (χ0n) is 11.1. The Bertz CT molecular complexity index is 664. The molecule has 1 heterocycles. The zero-order chi connectivity index (χ0) is 15.6. The first-order chi connectivity index (χ1) is 9.84. The second-order valence-electron chi connectivity index (χ2n) is 4.46. The van der Waals surface area contributed by atoms with Gasteiger partial charge < -0.3 is 0 Å². The molecule has 0 bridgehead atoms. The van der Waals surface area contributed by atoms with E-state index in [1.807, 2.05) is 6.92 Å². The average molecular weight is 361 g/mol. The molecule has 0 saturated heterocycles. The molecule has 2 aromatic rings. The number of hydrogen-bond acceptors (Lipinski definition) is 2. The number of aromatic nitrogens is 2. The highest BCUT2D eigenvalue weighted by Gasteiger charge is 2.32. The van der Waals surface area contributed by atoms with Crippen molar-refractivity contribution >= 4 is 21.7 Å². The molecule has 3 nitrogen and oxygen atoms in total. The Labute approximate surface area is 127 Å². The topological polar surface area (TPSA) is 34.9 Å². The third-order valence-corrected chi connectivity index (χ3v) is 3.61. The summed E-state index contributed by atoms with van der Waals surface area (Å²) in [4.78, 5) is 12.4. The number of ketones is 1. The van der Waals surface area contributed by atoms with Gasteiger partial charge in [-0.3, -0.25) is 9.48 Å². The van der Waals surface area contributed by atoms with E-state index in [1.54, 1.807) is 0 Å². The van der Waals surface area contributed by atoms with E-state index in [9.17, 15) is 18.0 Å². The quantitative estimate of drug-likeness (QED) is 0.761. The maximum atomic E-state index is 12.8. The smallest absolute Gasteiger partial charge is 0.287 e. The van der Waals surface area contributed by atoms with Gasteiger partial charge in [0.2, 0.25) is 5.78 Å². The standard InChI is InChI=1S/C14H12BrF3N2O/c1-2-7-20-12(5-6-19-20)13(21)10-8-9(14(16,17)18)3-4-11(10)15/h3-6,8H,2,7H2,1H3. The van der Waals surface area contributed by atoms with Crippen molar-refractivity contribution in [2.24, 2.45) is 0 Å². The first-order valence-corrected chi connectivity index (χ1v) is 7.07. The van der Waals surface area contributed by atoms with Crippen LogP contribution in [0.4, 0.5) is 13.2 Å². The SMILES string of the molecule is CCCn1nccc1C(=O)c1cc(C(F)(F)F)ccc1Br. The minimum Gasteiger partial charge on any atom is -0.287 e. The van der Waals surface area contributed by atoms with E-state index >= 15 is 0 Å². The van der Waals surface area contributed by atoms with Gasteiger partial charge in [0, 0.05) is 22.8 Å². The van der Waals surface area contributed by atoms with Gasteiger partial charge in [-0.1, -0.05) is 22.9 Å².